The molecule has 0 spiro atoms. The van der Waals surface area contributed by atoms with E-state index in [0.717, 1.165) is 30.4 Å². The van der Waals surface area contributed by atoms with Gasteiger partial charge in [-0.2, -0.15) is 4.31 Å². The second kappa shape index (κ2) is 7.42. The van der Waals surface area contributed by atoms with Crippen molar-refractivity contribution in [2.24, 2.45) is 0 Å². The first-order chi connectivity index (χ1) is 10.4. The van der Waals surface area contributed by atoms with Crippen molar-refractivity contribution < 1.29 is 8.42 Å². The Labute approximate surface area is 135 Å². The lowest BCUT2D eigenvalue weighted by Crippen LogP contribution is -2.35. The first-order valence-electron chi connectivity index (χ1n) is 8.20. The van der Waals surface area contributed by atoms with Crippen LogP contribution in [0, 0.1) is 6.92 Å². The van der Waals surface area contributed by atoms with Gasteiger partial charge < -0.3 is 0 Å². The summed E-state index contributed by atoms with van der Waals surface area (Å²) in [6, 6.07) is 7.21. The average molecular weight is 321 g/mol. The van der Waals surface area contributed by atoms with E-state index in [2.05, 4.69) is 13.5 Å². The van der Waals surface area contributed by atoms with Crippen molar-refractivity contribution >= 4 is 10.0 Å². The normalized spacial score (nSPS) is 19.7. The SMILES string of the molecule is C=C1CC(CCCCCC)N(S(=O)(=O)c2ccc(C)cc2)C1. The largest absolute Gasteiger partial charge is 0.243 e. The Morgan fingerprint density at radius 2 is 1.86 bits per heavy atom. The smallest absolute Gasteiger partial charge is 0.207 e. The molecule has 1 atom stereocenters. The van der Waals surface area contributed by atoms with Crippen molar-refractivity contribution in [1.29, 1.82) is 0 Å². The number of aryl methyl sites for hydroxylation is 1. The lowest BCUT2D eigenvalue weighted by Gasteiger charge is -2.23. The Morgan fingerprint density at radius 1 is 1.18 bits per heavy atom. The molecule has 2 rings (SSSR count). The summed E-state index contributed by atoms with van der Waals surface area (Å²) >= 11 is 0. The van der Waals surface area contributed by atoms with Crippen LogP contribution in [0.25, 0.3) is 0 Å². The Kier molecular flexibility index (Phi) is 5.81. The molecule has 1 aromatic rings. The van der Waals surface area contributed by atoms with Crippen LogP contribution in [-0.4, -0.2) is 25.3 Å². The molecule has 0 saturated carbocycles. The highest BCUT2D eigenvalue weighted by atomic mass is 32.2. The minimum absolute atomic E-state index is 0.0793. The van der Waals surface area contributed by atoms with E-state index in [1.165, 1.54) is 19.3 Å². The topological polar surface area (TPSA) is 37.4 Å². The Balaban J connectivity index is 2.13. The van der Waals surface area contributed by atoms with Crippen molar-refractivity contribution in [1.82, 2.24) is 4.31 Å². The van der Waals surface area contributed by atoms with Gasteiger partial charge in [-0.05, 0) is 31.9 Å². The third-order valence-corrected chi connectivity index (χ3v) is 6.24. The second-order valence-corrected chi connectivity index (χ2v) is 8.21. The van der Waals surface area contributed by atoms with E-state index in [1.807, 2.05) is 19.1 Å². The maximum Gasteiger partial charge on any atom is 0.243 e. The third-order valence-electron chi connectivity index (χ3n) is 4.33. The minimum Gasteiger partial charge on any atom is -0.207 e. The number of rotatable bonds is 7. The minimum atomic E-state index is -3.41. The zero-order valence-electron chi connectivity index (χ0n) is 13.7. The van der Waals surface area contributed by atoms with Crippen LogP contribution in [-0.2, 0) is 10.0 Å². The molecule has 1 unspecified atom stereocenters. The first-order valence-corrected chi connectivity index (χ1v) is 9.64. The van der Waals surface area contributed by atoms with E-state index in [1.54, 1.807) is 16.4 Å². The number of sulfonamides is 1. The molecule has 0 N–H and O–H groups in total. The summed E-state index contributed by atoms with van der Waals surface area (Å²) in [5.41, 5.74) is 2.09. The average Bonchev–Trinajstić information content (AvgIpc) is 2.86. The molecule has 1 fully saturated rings. The van der Waals surface area contributed by atoms with Gasteiger partial charge in [0.2, 0.25) is 10.0 Å². The van der Waals surface area contributed by atoms with Gasteiger partial charge in [-0.25, -0.2) is 8.42 Å². The second-order valence-electron chi connectivity index (χ2n) is 6.32. The zero-order chi connectivity index (χ0) is 16.2. The van der Waals surface area contributed by atoms with E-state index in [-0.39, 0.29) is 6.04 Å². The Morgan fingerprint density at radius 3 is 2.50 bits per heavy atom. The molecule has 0 amide bonds. The predicted octanol–water partition coefficient (Wildman–Crippen LogP) is 4.28. The van der Waals surface area contributed by atoms with Crippen LogP contribution in [0.15, 0.2) is 41.3 Å². The number of unbranched alkanes of at least 4 members (excludes halogenated alkanes) is 3. The molecule has 4 heteroatoms. The van der Waals surface area contributed by atoms with Gasteiger partial charge in [0.05, 0.1) is 4.90 Å². The number of nitrogens with zero attached hydrogens (tertiary/aromatic N) is 1. The van der Waals surface area contributed by atoms with Crippen LogP contribution in [0.3, 0.4) is 0 Å². The third kappa shape index (κ3) is 3.99. The van der Waals surface area contributed by atoms with Gasteiger partial charge in [-0.3, -0.25) is 0 Å². The lowest BCUT2D eigenvalue weighted by atomic mass is 10.1. The van der Waals surface area contributed by atoms with Gasteiger partial charge in [-0.1, -0.05) is 62.5 Å². The molecule has 0 aromatic heterocycles. The molecular formula is C18H27NO2S. The standard InChI is InChI=1S/C18H27NO2S/c1-4-5-6-7-8-17-13-16(3)14-19(17)22(20,21)18-11-9-15(2)10-12-18/h9-12,17H,3-8,13-14H2,1-2H3. The molecule has 1 aliphatic rings. The summed E-state index contributed by atoms with van der Waals surface area (Å²) in [5, 5.41) is 0. The van der Waals surface area contributed by atoms with Crippen LogP contribution in [0.2, 0.25) is 0 Å². The highest BCUT2D eigenvalue weighted by Crippen LogP contribution is 2.31. The van der Waals surface area contributed by atoms with Crippen molar-refractivity contribution in [3.05, 3.63) is 42.0 Å². The highest BCUT2D eigenvalue weighted by Gasteiger charge is 2.36. The van der Waals surface area contributed by atoms with Gasteiger partial charge in [0.1, 0.15) is 0 Å². The van der Waals surface area contributed by atoms with Gasteiger partial charge >= 0.3 is 0 Å². The Bertz CT molecular complexity index is 604. The summed E-state index contributed by atoms with van der Waals surface area (Å²) in [7, 11) is -3.41. The molecule has 122 valence electrons. The highest BCUT2D eigenvalue weighted by molar-refractivity contribution is 7.89. The predicted molar refractivity (Wildman–Crippen MR) is 91.4 cm³/mol. The molecule has 1 saturated heterocycles. The number of hydrogen-bond donors (Lipinski definition) is 0. The van der Waals surface area contributed by atoms with Crippen LogP contribution in [0.1, 0.15) is 51.0 Å². The summed E-state index contributed by atoms with van der Waals surface area (Å²) in [5.74, 6) is 0. The Hall–Kier alpha value is -1.13. The van der Waals surface area contributed by atoms with E-state index >= 15 is 0 Å². The number of hydrogen-bond acceptors (Lipinski definition) is 2. The molecule has 1 heterocycles. The van der Waals surface area contributed by atoms with Crippen LogP contribution >= 0.6 is 0 Å². The van der Waals surface area contributed by atoms with Gasteiger partial charge in [0, 0.05) is 12.6 Å². The maximum atomic E-state index is 12.9. The van der Waals surface area contributed by atoms with Crippen molar-refractivity contribution in [2.45, 2.75) is 63.3 Å². The van der Waals surface area contributed by atoms with Gasteiger partial charge in [0.25, 0.3) is 0 Å². The summed E-state index contributed by atoms with van der Waals surface area (Å²) in [4.78, 5) is 0.395. The van der Waals surface area contributed by atoms with Crippen LogP contribution < -0.4 is 0 Å². The monoisotopic (exact) mass is 321 g/mol. The fraction of sp³-hybridized carbons (Fsp3) is 0.556. The summed E-state index contributed by atoms with van der Waals surface area (Å²) in [6.07, 6.45) is 6.42. The molecular weight excluding hydrogens is 294 g/mol. The molecule has 0 radical (unpaired) electrons. The van der Waals surface area contributed by atoms with Gasteiger partial charge in [0.15, 0.2) is 0 Å². The summed E-state index contributed by atoms with van der Waals surface area (Å²) < 4.78 is 27.4. The van der Waals surface area contributed by atoms with E-state index in [4.69, 9.17) is 0 Å². The molecule has 0 bridgehead atoms. The molecule has 1 aromatic carbocycles. The zero-order valence-corrected chi connectivity index (χ0v) is 14.5. The van der Waals surface area contributed by atoms with E-state index in [9.17, 15) is 8.42 Å². The molecule has 3 nitrogen and oxygen atoms in total. The fourth-order valence-electron chi connectivity index (χ4n) is 3.03. The molecule has 0 aliphatic carbocycles. The fourth-order valence-corrected chi connectivity index (χ4v) is 4.70. The quantitative estimate of drug-likeness (QED) is 0.555. The van der Waals surface area contributed by atoms with Crippen LogP contribution in [0.4, 0.5) is 0 Å². The van der Waals surface area contributed by atoms with Gasteiger partial charge in [-0.15, -0.1) is 0 Å². The van der Waals surface area contributed by atoms with E-state index < -0.39 is 10.0 Å². The molecule has 22 heavy (non-hydrogen) atoms. The maximum absolute atomic E-state index is 12.9. The first kappa shape index (κ1) is 17.2. The van der Waals surface area contributed by atoms with E-state index in [0.29, 0.717) is 11.4 Å². The lowest BCUT2D eigenvalue weighted by molar-refractivity contribution is 0.360. The van der Waals surface area contributed by atoms with Crippen molar-refractivity contribution in [3.63, 3.8) is 0 Å². The summed E-state index contributed by atoms with van der Waals surface area (Å²) in [6.45, 7) is 8.63. The van der Waals surface area contributed by atoms with Crippen LogP contribution in [0.5, 0.6) is 0 Å². The molecule has 1 aliphatic heterocycles. The number of benzene rings is 1. The van der Waals surface area contributed by atoms with Crippen molar-refractivity contribution in [3.8, 4) is 0 Å². The van der Waals surface area contributed by atoms with Crippen molar-refractivity contribution in [2.75, 3.05) is 6.54 Å².